The predicted molar refractivity (Wildman–Crippen MR) is 54.5 cm³/mol. The molecule has 1 heterocycles. The lowest BCUT2D eigenvalue weighted by Crippen LogP contribution is -2.35. The maximum absolute atomic E-state index is 3.26. The second-order valence-electron chi connectivity index (χ2n) is 3.51. The van der Waals surface area contributed by atoms with E-state index in [1.807, 2.05) is 6.20 Å². The van der Waals surface area contributed by atoms with Gasteiger partial charge in [0, 0.05) is 6.42 Å². The van der Waals surface area contributed by atoms with Crippen LogP contribution in [0.2, 0.25) is 0 Å². The van der Waals surface area contributed by atoms with E-state index in [1.165, 1.54) is 38.1 Å². The highest BCUT2D eigenvalue weighted by Gasteiger charge is 2.05. The van der Waals surface area contributed by atoms with Gasteiger partial charge in [0.05, 0.1) is 6.54 Å². The second-order valence-corrected chi connectivity index (χ2v) is 3.51. The van der Waals surface area contributed by atoms with Crippen LogP contribution in [0.1, 0.15) is 45.4 Å². The van der Waals surface area contributed by atoms with Gasteiger partial charge in [0.1, 0.15) is 12.4 Å². The number of aromatic amines is 1. The minimum atomic E-state index is 1.10. The Labute approximate surface area is 81.0 Å². The highest BCUT2D eigenvalue weighted by molar-refractivity contribution is 4.75. The molecular weight excluding hydrogens is 160 g/mol. The van der Waals surface area contributed by atoms with E-state index in [9.17, 15) is 0 Å². The number of nitrogens with one attached hydrogen (secondary N) is 1. The van der Waals surface area contributed by atoms with Gasteiger partial charge in [0.2, 0.25) is 0 Å². The molecule has 0 fully saturated rings. The predicted octanol–water partition coefficient (Wildman–Crippen LogP) is 2.44. The first-order chi connectivity index (χ1) is 6.38. The van der Waals surface area contributed by atoms with Crippen LogP contribution in [0.5, 0.6) is 0 Å². The molecule has 0 aromatic carbocycles. The number of rotatable bonds is 6. The molecule has 1 rings (SSSR count). The molecule has 0 saturated heterocycles. The Bertz CT molecular complexity index is 228. The summed E-state index contributed by atoms with van der Waals surface area (Å²) in [7, 11) is 0. The third kappa shape index (κ3) is 3.21. The van der Waals surface area contributed by atoms with Crippen molar-refractivity contribution in [2.45, 2.75) is 52.5 Å². The quantitative estimate of drug-likeness (QED) is 0.514. The van der Waals surface area contributed by atoms with Crippen LogP contribution in [-0.4, -0.2) is 4.98 Å². The van der Waals surface area contributed by atoms with Crippen molar-refractivity contribution in [1.82, 2.24) is 4.98 Å². The van der Waals surface area contributed by atoms with Crippen molar-refractivity contribution in [2.75, 3.05) is 0 Å². The molecule has 13 heavy (non-hydrogen) atoms. The van der Waals surface area contributed by atoms with Gasteiger partial charge in [0.25, 0.3) is 5.82 Å². The van der Waals surface area contributed by atoms with Gasteiger partial charge in [-0.3, -0.25) is 0 Å². The van der Waals surface area contributed by atoms with E-state index in [1.54, 1.807) is 0 Å². The summed E-state index contributed by atoms with van der Waals surface area (Å²) < 4.78 is 2.33. The van der Waals surface area contributed by atoms with Crippen LogP contribution < -0.4 is 4.57 Å². The summed E-state index contributed by atoms with van der Waals surface area (Å²) >= 11 is 0. The molecule has 0 atom stereocenters. The molecule has 0 radical (unpaired) electrons. The van der Waals surface area contributed by atoms with Gasteiger partial charge in [-0.05, 0) is 12.8 Å². The highest BCUT2D eigenvalue weighted by Crippen LogP contribution is 1.99. The highest BCUT2D eigenvalue weighted by atomic mass is 15.1. The zero-order chi connectivity index (χ0) is 9.52. The zero-order valence-corrected chi connectivity index (χ0v) is 8.84. The fourth-order valence-electron chi connectivity index (χ4n) is 1.62. The van der Waals surface area contributed by atoms with E-state index in [2.05, 4.69) is 29.6 Å². The summed E-state index contributed by atoms with van der Waals surface area (Å²) in [6.45, 7) is 5.61. The molecule has 0 saturated carbocycles. The van der Waals surface area contributed by atoms with Crippen molar-refractivity contribution in [3.8, 4) is 0 Å². The third-order valence-corrected chi connectivity index (χ3v) is 2.44. The maximum Gasteiger partial charge on any atom is 0.253 e. The fraction of sp³-hybridized carbons (Fsp3) is 0.727. The van der Waals surface area contributed by atoms with Crippen molar-refractivity contribution in [1.29, 1.82) is 0 Å². The van der Waals surface area contributed by atoms with E-state index in [0.717, 1.165) is 6.42 Å². The number of H-pyrrole nitrogens is 1. The summed E-state index contributed by atoms with van der Waals surface area (Å²) in [6, 6.07) is 0. The van der Waals surface area contributed by atoms with Crippen molar-refractivity contribution in [3.05, 3.63) is 18.2 Å². The number of imidazole rings is 1. The molecule has 1 N–H and O–H groups in total. The monoisotopic (exact) mass is 181 g/mol. The van der Waals surface area contributed by atoms with Crippen LogP contribution in [0, 0.1) is 0 Å². The Hall–Kier alpha value is -0.790. The summed E-state index contributed by atoms with van der Waals surface area (Å²) in [4.78, 5) is 3.26. The Kier molecular flexibility index (Phi) is 4.58. The number of unbranched alkanes of at least 4 members (excludes halogenated alkanes) is 3. The number of hydrogen-bond donors (Lipinski definition) is 1. The molecule has 0 aliphatic carbocycles. The number of hydrogen-bond acceptors (Lipinski definition) is 0. The number of nitrogens with zero attached hydrogens (tertiary/aromatic N) is 1. The normalized spacial score (nSPS) is 10.6. The minimum Gasteiger partial charge on any atom is -0.248 e. The molecule has 0 unspecified atom stereocenters. The van der Waals surface area contributed by atoms with Crippen LogP contribution in [0.25, 0.3) is 0 Å². The first-order valence-electron chi connectivity index (χ1n) is 5.44. The van der Waals surface area contributed by atoms with Crippen LogP contribution in [-0.2, 0) is 13.0 Å². The van der Waals surface area contributed by atoms with E-state index in [4.69, 9.17) is 0 Å². The van der Waals surface area contributed by atoms with Gasteiger partial charge in [-0.2, -0.15) is 0 Å². The maximum atomic E-state index is 3.26. The van der Waals surface area contributed by atoms with Gasteiger partial charge in [-0.15, -0.1) is 0 Å². The SMILES string of the molecule is CCCCCC[n+]1cc[nH]c1CC. The lowest BCUT2D eigenvalue weighted by atomic mass is 10.2. The molecule has 2 heteroatoms. The van der Waals surface area contributed by atoms with E-state index in [-0.39, 0.29) is 0 Å². The topological polar surface area (TPSA) is 19.7 Å². The molecule has 0 aliphatic heterocycles. The van der Waals surface area contributed by atoms with Crippen LogP contribution in [0.15, 0.2) is 12.4 Å². The molecule has 0 aliphatic rings. The summed E-state index contributed by atoms with van der Waals surface area (Å²) in [5.74, 6) is 1.34. The van der Waals surface area contributed by atoms with Crippen molar-refractivity contribution in [2.24, 2.45) is 0 Å². The molecular formula is C11H21N2+. The van der Waals surface area contributed by atoms with Crippen molar-refractivity contribution >= 4 is 0 Å². The Balaban J connectivity index is 2.27. The van der Waals surface area contributed by atoms with Crippen LogP contribution in [0.4, 0.5) is 0 Å². The smallest absolute Gasteiger partial charge is 0.248 e. The van der Waals surface area contributed by atoms with Crippen LogP contribution in [0.3, 0.4) is 0 Å². The first-order valence-corrected chi connectivity index (χ1v) is 5.44. The van der Waals surface area contributed by atoms with Crippen LogP contribution >= 0.6 is 0 Å². The van der Waals surface area contributed by atoms with Crippen molar-refractivity contribution in [3.63, 3.8) is 0 Å². The van der Waals surface area contributed by atoms with Crippen molar-refractivity contribution < 1.29 is 4.57 Å². The standard InChI is InChI=1S/C11H20N2/c1-3-5-6-7-9-13-10-8-12-11(13)4-2/h8,10H,3-7,9H2,1-2H3/p+1. The average molecular weight is 181 g/mol. The summed E-state index contributed by atoms with van der Waals surface area (Å²) in [5, 5.41) is 0. The Morgan fingerprint density at radius 1 is 1.23 bits per heavy atom. The van der Waals surface area contributed by atoms with E-state index >= 15 is 0 Å². The molecule has 1 aromatic heterocycles. The van der Waals surface area contributed by atoms with Gasteiger partial charge >= 0.3 is 0 Å². The number of aryl methyl sites for hydroxylation is 2. The van der Waals surface area contributed by atoms with Gasteiger partial charge in [0.15, 0.2) is 0 Å². The molecule has 1 aromatic rings. The number of aromatic nitrogens is 2. The lowest BCUT2D eigenvalue weighted by Gasteiger charge is -1.98. The van der Waals surface area contributed by atoms with E-state index < -0.39 is 0 Å². The van der Waals surface area contributed by atoms with Gasteiger partial charge < -0.3 is 0 Å². The minimum absolute atomic E-state index is 1.10. The summed E-state index contributed by atoms with van der Waals surface area (Å²) in [5.41, 5.74) is 0. The average Bonchev–Trinajstić information content (AvgIpc) is 2.60. The molecule has 74 valence electrons. The summed E-state index contributed by atoms with van der Waals surface area (Å²) in [6.07, 6.45) is 10.6. The zero-order valence-electron chi connectivity index (χ0n) is 8.84. The van der Waals surface area contributed by atoms with Gasteiger partial charge in [-0.25, -0.2) is 9.55 Å². The van der Waals surface area contributed by atoms with E-state index in [0.29, 0.717) is 0 Å². The van der Waals surface area contributed by atoms with Gasteiger partial charge in [-0.1, -0.05) is 26.7 Å². The Morgan fingerprint density at radius 3 is 2.77 bits per heavy atom. The second kappa shape index (κ2) is 5.79. The fourth-order valence-corrected chi connectivity index (χ4v) is 1.62. The molecule has 0 spiro atoms. The first kappa shape index (κ1) is 10.3. The Morgan fingerprint density at radius 2 is 2.08 bits per heavy atom. The molecule has 2 nitrogen and oxygen atoms in total. The third-order valence-electron chi connectivity index (χ3n) is 2.44. The molecule has 0 bridgehead atoms. The lowest BCUT2D eigenvalue weighted by molar-refractivity contribution is -0.703. The largest absolute Gasteiger partial charge is 0.253 e. The molecule has 0 amide bonds.